The van der Waals surface area contributed by atoms with Crippen molar-refractivity contribution in [3.05, 3.63) is 95.7 Å². The van der Waals surface area contributed by atoms with Crippen LogP contribution in [-0.4, -0.2) is 20.8 Å². The van der Waals surface area contributed by atoms with E-state index in [4.69, 9.17) is 5.10 Å². The highest BCUT2D eigenvalue weighted by Gasteiger charge is 2.20. The van der Waals surface area contributed by atoms with Crippen molar-refractivity contribution >= 4 is 11.6 Å². The molecule has 2 N–H and O–H groups in total. The number of phenols is 1. The maximum Gasteiger partial charge on any atom is 0.259 e. The zero-order chi connectivity index (χ0) is 22.0. The first-order valence-electron chi connectivity index (χ1n) is 10.3. The molecular formula is C26H25N3O2. The van der Waals surface area contributed by atoms with E-state index in [-0.39, 0.29) is 17.6 Å². The summed E-state index contributed by atoms with van der Waals surface area (Å²) in [6.07, 6.45) is 1.76. The largest absolute Gasteiger partial charge is 0.508 e. The molecule has 0 saturated heterocycles. The van der Waals surface area contributed by atoms with Crippen molar-refractivity contribution in [3.8, 4) is 22.7 Å². The Bertz CT molecular complexity index is 1210. The molecule has 0 bridgehead atoms. The van der Waals surface area contributed by atoms with Crippen molar-refractivity contribution in [2.45, 2.75) is 26.7 Å². The Morgan fingerprint density at radius 2 is 1.65 bits per heavy atom. The molecule has 31 heavy (non-hydrogen) atoms. The van der Waals surface area contributed by atoms with Crippen LogP contribution in [0.2, 0.25) is 0 Å². The SMILES string of the molecule is Cc1cc(O)c(C(C)C)cc1NC(=O)c1cn(-c2ccccc2)nc1-c1ccccc1. The van der Waals surface area contributed by atoms with Crippen molar-refractivity contribution < 1.29 is 9.90 Å². The number of hydrogen-bond acceptors (Lipinski definition) is 3. The number of nitrogens with one attached hydrogen (secondary N) is 1. The molecule has 0 spiro atoms. The van der Waals surface area contributed by atoms with Crippen molar-refractivity contribution in [1.29, 1.82) is 0 Å². The highest BCUT2D eigenvalue weighted by atomic mass is 16.3. The van der Waals surface area contributed by atoms with E-state index in [1.165, 1.54) is 0 Å². The fraction of sp³-hybridized carbons (Fsp3) is 0.154. The van der Waals surface area contributed by atoms with Crippen LogP contribution < -0.4 is 5.32 Å². The molecule has 0 radical (unpaired) electrons. The number of aryl methyl sites for hydroxylation is 1. The van der Waals surface area contributed by atoms with E-state index in [1.54, 1.807) is 16.9 Å². The quantitative estimate of drug-likeness (QED) is 0.400. The van der Waals surface area contributed by atoms with E-state index in [0.717, 1.165) is 22.4 Å². The summed E-state index contributed by atoms with van der Waals surface area (Å²) in [5.74, 6) is 0.133. The number of hydrogen-bond donors (Lipinski definition) is 2. The van der Waals surface area contributed by atoms with Crippen LogP contribution in [0.1, 0.15) is 41.3 Å². The maximum atomic E-state index is 13.3. The first-order valence-corrected chi connectivity index (χ1v) is 10.3. The second-order valence-corrected chi connectivity index (χ2v) is 7.87. The van der Waals surface area contributed by atoms with Gasteiger partial charge in [0.25, 0.3) is 5.91 Å². The van der Waals surface area contributed by atoms with Gasteiger partial charge in [-0.05, 0) is 48.2 Å². The molecule has 0 atom stereocenters. The number of anilines is 1. The Labute approximate surface area is 182 Å². The van der Waals surface area contributed by atoms with Crippen LogP contribution in [-0.2, 0) is 0 Å². The summed E-state index contributed by atoms with van der Waals surface area (Å²) in [4.78, 5) is 13.3. The molecule has 1 heterocycles. The van der Waals surface area contributed by atoms with Crippen LogP contribution in [0.5, 0.6) is 5.75 Å². The summed E-state index contributed by atoms with van der Waals surface area (Å²) in [6, 6.07) is 22.9. The van der Waals surface area contributed by atoms with Crippen LogP contribution in [0.4, 0.5) is 5.69 Å². The van der Waals surface area contributed by atoms with Gasteiger partial charge in [0.05, 0.1) is 11.3 Å². The number of carbonyl (C=O) groups excluding carboxylic acids is 1. The van der Waals surface area contributed by atoms with Gasteiger partial charge in [-0.1, -0.05) is 62.4 Å². The third-order valence-electron chi connectivity index (χ3n) is 5.27. The molecule has 0 unspecified atom stereocenters. The average Bonchev–Trinajstić information content (AvgIpc) is 3.22. The lowest BCUT2D eigenvalue weighted by Gasteiger charge is -2.14. The highest BCUT2D eigenvalue weighted by molar-refractivity contribution is 6.08. The second kappa shape index (κ2) is 8.48. The maximum absolute atomic E-state index is 13.3. The van der Waals surface area contributed by atoms with E-state index in [9.17, 15) is 9.90 Å². The summed E-state index contributed by atoms with van der Waals surface area (Å²) in [5.41, 5.74) is 5.11. The Balaban J connectivity index is 1.76. The first kappa shape index (κ1) is 20.4. The molecule has 4 aromatic rings. The number of para-hydroxylation sites is 1. The van der Waals surface area contributed by atoms with E-state index in [1.807, 2.05) is 87.5 Å². The minimum atomic E-state index is -0.246. The summed E-state index contributed by atoms with van der Waals surface area (Å²) in [7, 11) is 0. The number of rotatable bonds is 5. The minimum absolute atomic E-state index is 0.136. The van der Waals surface area contributed by atoms with Crippen LogP contribution in [0.25, 0.3) is 16.9 Å². The Morgan fingerprint density at radius 3 is 2.29 bits per heavy atom. The Morgan fingerprint density at radius 1 is 1.00 bits per heavy atom. The van der Waals surface area contributed by atoms with Crippen LogP contribution in [0.3, 0.4) is 0 Å². The predicted octanol–water partition coefficient (Wildman–Crippen LogP) is 5.93. The lowest BCUT2D eigenvalue weighted by molar-refractivity contribution is 0.102. The topological polar surface area (TPSA) is 67.2 Å². The average molecular weight is 412 g/mol. The van der Waals surface area contributed by atoms with Gasteiger partial charge >= 0.3 is 0 Å². The van der Waals surface area contributed by atoms with Gasteiger partial charge in [0.15, 0.2) is 0 Å². The number of benzene rings is 3. The van der Waals surface area contributed by atoms with Gasteiger partial charge in [-0.2, -0.15) is 5.10 Å². The van der Waals surface area contributed by atoms with Gasteiger partial charge in [0.1, 0.15) is 11.4 Å². The predicted molar refractivity (Wildman–Crippen MR) is 124 cm³/mol. The standard InChI is InChI=1S/C26H25N3O2/c1-17(2)21-15-23(18(3)14-24(21)30)27-26(31)22-16-29(20-12-8-5-9-13-20)28-25(22)19-10-6-4-7-11-19/h4-17,30H,1-3H3,(H,27,31). The lowest BCUT2D eigenvalue weighted by Crippen LogP contribution is -2.13. The zero-order valence-electron chi connectivity index (χ0n) is 17.8. The monoisotopic (exact) mass is 411 g/mol. The molecule has 0 saturated carbocycles. The van der Waals surface area contributed by atoms with Crippen molar-refractivity contribution in [1.82, 2.24) is 9.78 Å². The zero-order valence-corrected chi connectivity index (χ0v) is 17.8. The van der Waals surface area contributed by atoms with E-state index >= 15 is 0 Å². The molecule has 0 aliphatic carbocycles. The highest BCUT2D eigenvalue weighted by Crippen LogP contribution is 2.32. The molecule has 5 nitrogen and oxygen atoms in total. The van der Waals surface area contributed by atoms with Gasteiger partial charge < -0.3 is 10.4 Å². The fourth-order valence-electron chi connectivity index (χ4n) is 3.56. The van der Waals surface area contributed by atoms with E-state index in [0.29, 0.717) is 16.9 Å². The Kier molecular flexibility index (Phi) is 5.58. The number of amides is 1. The summed E-state index contributed by atoms with van der Waals surface area (Å²) in [6.45, 7) is 5.88. The number of phenolic OH excluding ortho intramolecular Hbond substituents is 1. The molecule has 0 aliphatic heterocycles. The van der Waals surface area contributed by atoms with Crippen LogP contribution >= 0.6 is 0 Å². The third kappa shape index (κ3) is 4.21. The van der Waals surface area contributed by atoms with Gasteiger partial charge in [-0.3, -0.25) is 4.79 Å². The molecule has 4 rings (SSSR count). The number of aromatic nitrogens is 2. The number of nitrogens with zero attached hydrogens (tertiary/aromatic N) is 2. The molecule has 5 heteroatoms. The number of aromatic hydroxyl groups is 1. The number of carbonyl (C=O) groups is 1. The van der Waals surface area contributed by atoms with Gasteiger partial charge in [-0.25, -0.2) is 4.68 Å². The molecule has 1 amide bonds. The summed E-state index contributed by atoms with van der Waals surface area (Å²) >= 11 is 0. The third-order valence-corrected chi connectivity index (χ3v) is 5.27. The fourth-order valence-corrected chi connectivity index (χ4v) is 3.56. The van der Waals surface area contributed by atoms with Gasteiger partial charge in [-0.15, -0.1) is 0 Å². The van der Waals surface area contributed by atoms with E-state index in [2.05, 4.69) is 5.32 Å². The first-order chi connectivity index (χ1) is 14.9. The summed E-state index contributed by atoms with van der Waals surface area (Å²) in [5, 5.41) is 18.0. The Hall–Kier alpha value is -3.86. The second-order valence-electron chi connectivity index (χ2n) is 7.87. The van der Waals surface area contributed by atoms with Crippen molar-refractivity contribution in [2.24, 2.45) is 0 Å². The molecule has 156 valence electrons. The van der Waals surface area contributed by atoms with Crippen LogP contribution in [0.15, 0.2) is 79.0 Å². The molecule has 1 aromatic heterocycles. The van der Waals surface area contributed by atoms with Gasteiger partial charge in [0.2, 0.25) is 0 Å². The molecule has 3 aromatic carbocycles. The lowest BCUT2D eigenvalue weighted by atomic mass is 9.99. The van der Waals surface area contributed by atoms with E-state index < -0.39 is 0 Å². The van der Waals surface area contributed by atoms with Crippen molar-refractivity contribution in [2.75, 3.05) is 5.32 Å². The van der Waals surface area contributed by atoms with Crippen molar-refractivity contribution in [3.63, 3.8) is 0 Å². The molecule has 0 aliphatic rings. The summed E-state index contributed by atoms with van der Waals surface area (Å²) < 4.78 is 1.72. The van der Waals surface area contributed by atoms with Gasteiger partial charge in [0, 0.05) is 17.4 Å². The minimum Gasteiger partial charge on any atom is -0.508 e. The molecular weight excluding hydrogens is 386 g/mol. The smallest absolute Gasteiger partial charge is 0.259 e. The van der Waals surface area contributed by atoms with Crippen LogP contribution in [0, 0.1) is 6.92 Å². The molecule has 0 fully saturated rings. The normalized spacial score (nSPS) is 11.0.